The second kappa shape index (κ2) is 11.2. The molecule has 2 aromatic rings. The third kappa shape index (κ3) is 5.83. The SMILES string of the molecule is CCCCOc1c(Br)cc(/C=C2\SC(=S)N(NC(=O)c3cccc(Cl)c3)C2=O)cc1OC. The molecule has 32 heavy (non-hydrogen) atoms. The first-order chi connectivity index (χ1) is 15.3. The van der Waals surface area contributed by atoms with Crippen molar-refractivity contribution in [2.24, 2.45) is 0 Å². The molecule has 6 nitrogen and oxygen atoms in total. The van der Waals surface area contributed by atoms with E-state index in [1.54, 1.807) is 37.5 Å². The molecule has 0 unspecified atom stereocenters. The Morgan fingerprint density at radius 1 is 1.34 bits per heavy atom. The molecule has 1 N–H and O–H groups in total. The van der Waals surface area contributed by atoms with Gasteiger partial charge in [0.1, 0.15) is 0 Å². The van der Waals surface area contributed by atoms with E-state index < -0.39 is 11.8 Å². The molecule has 1 saturated heterocycles. The Labute approximate surface area is 209 Å². The number of hydrogen-bond donors (Lipinski definition) is 1. The van der Waals surface area contributed by atoms with Crippen LogP contribution in [-0.2, 0) is 4.79 Å². The number of amides is 2. The Hall–Kier alpha value is -2.07. The maximum absolute atomic E-state index is 12.9. The molecule has 2 amide bonds. The summed E-state index contributed by atoms with van der Waals surface area (Å²) in [6, 6.07) is 10.0. The average molecular weight is 556 g/mol. The van der Waals surface area contributed by atoms with Gasteiger partial charge in [-0.25, -0.2) is 0 Å². The lowest BCUT2D eigenvalue weighted by atomic mass is 10.2. The largest absolute Gasteiger partial charge is 0.493 e. The van der Waals surface area contributed by atoms with Crippen LogP contribution in [0.2, 0.25) is 5.02 Å². The highest BCUT2D eigenvalue weighted by Gasteiger charge is 2.34. The van der Waals surface area contributed by atoms with E-state index in [0.29, 0.717) is 38.1 Å². The number of carbonyl (C=O) groups is 2. The number of rotatable bonds is 8. The number of methoxy groups -OCH3 is 1. The number of benzene rings is 2. The number of thioether (sulfide) groups is 1. The predicted molar refractivity (Wildman–Crippen MR) is 135 cm³/mol. The summed E-state index contributed by atoms with van der Waals surface area (Å²) < 4.78 is 12.2. The minimum absolute atomic E-state index is 0.224. The first-order valence-corrected chi connectivity index (χ1v) is 12.1. The number of nitrogens with zero attached hydrogens (tertiary/aromatic N) is 1. The van der Waals surface area contributed by atoms with Crippen molar-refractivity contribution >= 4 is 73.7 Å². The number of hydrazine groups is 1. The highest BCUT2D eigenvalue weighted by atomic mass is 79.9. The topological polar surface area (TPSA) is 67.9 Å². The molecule has 0 bridgehead atoms. The van der Waals surface area contributed by atoms with Crippen LogP contribution in [0.1, 0.15) is 35.7 Å². The van der Waals surface area contributed by atoms with Gasteiger partial charge in [-0.15, -0.1) is 0 Å². The first kappa shape index (κ1) is 24.6. The fourth-order valence-electron chi connectivity index (χ4n) is 2.79. The second-order valence-corrected chi connectivity index (χ2v) is 9.67. The Morgan fingerprint density at radius 2 is 2.12 bits per heavy atom. The maximum atomic E-state index is 12.9. The number of ether oxygens (including phenoxy) is 2. The molecular weight excluding hydrogens is 536 g/mol. The van der Waals surface area contributed by atoms with Gasteiger partial charge in [0.05, 0.1) is 23.1 Å². The van der Waals surface area contributed by atoms with E-state index in [2.05, 4.69) is 28.3 Å². The third-order valence-corrected chi connectivity index (χ3v) is 6.51. The van der Waals surface area contributed by atoms with Crippen LogP contribution in [0.5, 0.6) is 11.5 Å². The minimum Gasteiger partial charge on any atom is -0.493 e. The van der Waals surface area contributed by atoms with Gasteiger partial charge >= 0.3 is 0 Å². The molecule has 1 aliphatic rings. The molecule has 2 aromatic carbocycles. The van der Waals surface area contributed by atoms with E-state index in [1.165, 1.54) is 6.07 Å². The summed E-state index contributed by atoms with van der Waals surface area (Å²) in [7, 11) is 1.56. The molecular formula is C22H20BrClN2O4S2. The van der Waals surface area contributed by atoms with Crippen LogP contribution < -0.4 is 14.9 Å². The number of unbranched alkanes of at least 4 members (excludes halogenated alkanes) is 1. The molecule has 1 fully saturated rings. The van der Waals surface area contributed by atoms with Crippen LogP contribution in [0, 0.1) is 0 Å². The highest BCUT2D eigenvalue weighted by molar-refractivity contribution is 9.10. The van der Waals surface area contributed by atoms with Gasteiger partial charge in [0.2, 0.25) is 0 Å². The molecule has 1 heterocycles. The van der Waals surface area contributed by atoms with Crippen molar-refractivity contribution in [2.45, 2.75) is 19.8 Å². The summed E-state index contributed by atoms with van der Waals surface area (Å²) in [5.74, 6) is 0.252. The van der Waals surface area contributed by atoms with Gasteiger partial charge in [0.15, 0.2) is 15.8 Å². The van der Waals surface area contributed by atoms with Crippen molar-refractivity contribution < 1.29 is 19.1 Å². The van der Waals surface area contributed by atoms with Crippen molar-refractivity contribution in [1.82, 2.24) is 10.4 Å². The molecule has 10 heteroatoms. The van der Waals surface area contributed by atoms with Gasteiger partial charge < -0.3 is 9.47 Å². The quantitative estimate of drug-likeness (QED) is 0.251. The van der Waals surface area contributed by atoms with Gasteiger partial charge in [-0.2, -0.15) is 5.01 Å². The van der Waals surface area contributed by atoms with E-state index in [0.717, 1.165) is 35.2 Å². The Balaban J connectivity index is 1.79. The lowest BCUT2D eigenvalue weighted by Gasteiger charge is -2.15. The van der Waals surface area contributed by atoms with Gasteiger partial charge in [0.25, 0.3) is 11.8 Å². The Morgan fingerprint density at radius 3 is 2.81 bits per heavy atom. The zero-order valence-corrected chi connectivity index (χ0v) is 21.3. The molecule has 0 aliphatic carbocycles. The summed E-state index contributed by atoms with van der Waals surface area (Å²) >= 11 is 15.8. The summed E-state index contributed by atoms with van der Waals surface area (Å²) in [6.45, 7) is 2.67. The number of thiocarbonyl (C=S) groups is 1. The average Bonchev–Trinajstić information content (AvgIpc) is 3.02. The molecule has 0 radical (unpaired) electrons. The predicted octanol–water partition coefficient (Wildman–Crippen LogP) is 5.84. The fraction of sp³-hybridized carbons (Fsp3) is 0.227. The number of halogens is 2. The van der Waals surface area contributed by atoms with Gasteiger partial charge in [-0.1, -0.05) is 42.8 Å². The Kier molecular flexibility index (Phi) is 8.58. The van der Waals surface area contributed by atoms with Gasteiger partial charge in [-0.05, 0) is 76.5 Å². The van der Waals surface area contributed by atoms with Crippen molar-refractivity contribution in [2.75, 3.05) is 13.7 Å². The van der Waals surface area contributed by atoms with E-state index in [4.69, 9.17) is 33.3 Å². The standard InChI is InChI=1S/C22H20BrClN2O4S2/c1-3-4-8-30-19-16(23)9-13(10-17(19)29-2)11-18-21(28)26(22(31)32-18)25-20(27)14-6-5-7-15(24)12-14/h5-7,9-12H,3-4,8H2,1-2H3,(H,25,27)/b18-11-. The van der Waals surface area contributed by atoms with Crippen LogP contribution in [-0.4, -0.2) is 34.9 Å². The fourth-order valence-corrected chi connectivity index (χ4v) is 4.74. The molecule has 1 aliphatic heterocycles. The van der Waals surface area contributed by atoms with Crippen LogP contribution in [0.15, 0.2) is 45.8 Å². The first-order valence-electron chi connectivity index (χ1n) is 9.69. The molecule has 0 saturated carbocycles. The monoisotopic (exact) mass is 554 g/mol. The third-order valence-electron chi connectivity index (χ3n) is 4.39. The normalized spacial score (nSPS) is 14.8. The summed E-state index contributed by atoms with van der Waals surface area (Å²) in [4.78, 5) is 25.7. The Bertz CT molecular complexity index is 1090. The van der Waals surface area contributed by atoms with Crippen LogP contribution in [0.4, 0.5) is 0 Å². The number of nitrogens with one attached hydrogen (secondary N) is 1. The van der Waals surface area contributed by atoms with Crippen LogP contribution in [0.3, 0.4) is 0 Å². The van der Waals surface area contributed by atoms with E-state index in [1.807, 2.05) is 6.07 Å². The van der Waals surface area contributed by atoms with Crippen LogP contribution >= 0.6 is 51.5 Å². The zero-order valence-electron chi connectivity index (χ0n) is 17.3. The molecule has 3 rings (SSSR count). The van der Waals surface area contributed by atoms with Crippen molar-refractivity contribution in [3.05, 3.63) is 61.9 Å². The second-order valence-electron chi connectivity index (χ2n) is 6.70. The van der Waals surface area contributed by atoms with Crippen LogP contribution in [0.25, 0.3) is 6.08 Å². The van der Waals surface area contributed by atoms with E-state index in [-0.39, 0.29) is 4.32 Å². The lowest BCUT2D eigenvalue weighted by Crippen LogP contribution is -2.44. The minimum atomic E-state index is -0.483. The number of carbonyl (C=O) groups excluding carboxylic acids is 2. The lowest BCUT2D eigenvalue weighted by molar-refractivity contribution is -0.123. The summed E-state index contributed by atoms with van der Waals surface area (Å²) in [5.41, 5.74) is 3.58. The van der Waals surface area contributed by atoms with Gasteiger partial charge in [-0.3, -0.25) is 15.0 Å². The summed E-state index contributed by atoms with van der Waals surface area (Å²) in [6.07, 6.45) is 3.64. The van der Waals surface area contributed by atoms with E-state index in [9.17, 15) is 9.59 Å². The van der Waals surface area contributed by atoms with Gasteiger partial charge in [0, 0.05) is 10.6 Å². The zero-order chi connectivity index (χ0) is 23.3. The molecule has 168 valence electrons. The molecule has 0 aromatic heterocycles. The van der Waals surface area contributed by atoms with E-state index >= 15 is 0 Å². The highest BCUT2D eigenvalue weighted by Crippen LogP contribution is 2.39. The number of hydrogen-bond acceptors (Lipinski definition) is 6. The van der Waals surface area contributed by atoms with Crippen molar-refractivity contribution in [1.29, 1.82) is 0 Å². The van der Waals surface area contributed by atoms with Crippen molar-refractivity contribution in [3.63, 3.8) is 0 Å². The molecule has 0 atom stereocenters. The van der Waals surface area contributed by atoms with Crippen molar-refractivity contribution in [3.8, 4) is 11.5 Å². The molecule has 0 spiro atoms. The summed E-state index contributed by atoms with van der Waals surface area (Å²) in [5, 5.41) is 1.48. The smallest absolute Gasteiger partial charge is 0.285 e. The maximum Gasteiger partial charge on any atom is 0.285 e.